The molecule has 0 radical (unpaired) electrons. The highest BCUT2D eigenvalue weighted by Crippen LogP contribution is 2.18. The number of sulfonamides is 1. The van der Waals surface area contributed by atoms with Crippen molar-refractivity contribution in [1.29, 1.82) is 0 Å². The number of anilines is 2. The molecule has 1 aromatic carbocycles. The molecule has 140 valence electrons. The zero-order valence-electron chi connectivity index (χ0n) is 14.2. The maximum Gasteiger partial charge on any atom is 0.281 e. The quantitative estimate of drug-likeness (QED) is 0.706. The second kappa shape index (κ2) is 7.16. The van der Waals surface area contributed by atoms with Crippen LogP contribution in [-0.2, 0) is 14.8 Å². The SMILES string of the molecule is CS(=O)(=O)N(CC(=O)Nc1cnc2ccccn2c1=O)c1cccc(F)c1. The second-order valence-corrected chi connectivity index (χ2v) is 7.61. The summed E-state index contributed by atoms with van der Waals surface area (Å²) in [5.74, 6) is -1.40. The van der Waals surface area contributed by atoms with Gasteiger partial charge in [-0.1, -0.05) is 12.1 Å². The van der Waals surface area contributed by atoms with Gasteiger partial charge in [0.05, 0.1) is 18.1 Å². The molecule has 0 unspecified atom stereocenters. The smallest absolute Gasteiger partial charge is 0.281 e. The van der Waals surface area contributed by atoms with Crippen molar-refractivity contribution in [3.8, 4) is 0 Å². The molecule has 2 aromatic heterocycles. The van der Waals surface area contributed by atoms with Crippen LogP contribution in [0.25, 0.3) is 5.65 Å². The fourth-order valence-electron chi connectivity index (χ4n) is 2.46. The van der Waals surface area contributed by atoms with E-state index in [-0.39, 0.29) is 11.4 Å². The molecule has 27 heavy (non-hydrogen) atoms. The largest absolute Gasteiger partial charge is 0.319 e. The standard InChI is InChI=1S/C17H15FN4O4S/c1-27(25,26)22(13-6-4-5-12(18)9-13)11-16(23)20-14-10-19-15-7-2-3-8-21(15)17(14)24/h2-10H,11H2,1H3,(H,20,23). The highest BCUT2D eigenvalue weighted by Gasteiger charge is 2.22. The van der Waals surface area contributed by atoms with E-state index in [4.69, 9.17) is 0 Å². The van der Waals surface area contributed by atoms with E-state index in [9.17, 15) is 22.4 Å². The fourth-order valence-corrected chi connectivity index (χ4v) is 3.31. The number of carbonyl (C=O) groups excluding carboxylic acids is 1. The van der Waals surface area contributed by atoms with Crippen molar-refractivity contribution in [2.75, 3.05) is 22.4 Å². The molecule has 0 bridgehead atoms. The Morgan fingerprint density at radius 3 is 2.74 bits per heavy atom. The van der Waals surface area contributed by atoms with Crippen molar-refractivity contribution in [3.63, 3.8) is 0 Å². The normalized spacial score (nSPS) is 11.3. The summed E-state index contributed by atoms with van der Waals surface area (Å²) in [6.45, 7) is -0.626. The molecule has 3 rings (SSSR count). The van der Waals surface area contributed by atoms with E-state index < -0.39 is 33.9 Å². The van der Waals surface area contributed by atoms with Crippen molar-refractivity contribution in [1.82, 2.24) is 9.38 Å². The third-order valence-electron chi connectivity index (χ3n) is 3.67. The highest BCUT2D eigenvalue weighted by atomic mass is 32.2. The van der Waals surface area contributed by atoms with Crippen LogP contribution in [-0.4, -0.2) is 36.5 Å². The first-order valence-electron chi connectivity index (χ1n) is 7.75. The van der Waals surface area contributed by atoms with Gasteiger partial charge in [0.2, 0.25) is 15.9 Å². The van der Waals surface area contributed by atoms with Gasteiger partial charge in [0.15, 0.2) is 0 Å². The molecule has 0 saturated heterocycles. The lowest BCUT2D eigenvalue weighted by Gasteiger charge is -2.21. The molecule has 1 amide bonds. The summed E-state index contributed by atoms with van der Waals surface area (Å²) in [5.41, 5.74) is -0.207. The summed E-state index contributed by atoms with van der Waals surface area (Å²) in [5, 5.41) is 2.35. The Bertz CT molecular complexity index is 1180. The first kappa shape index (κ1) is 18.5. The number of amides is 1. The van der Waals surface area contributed by atoms with E-state index in [0.29, 0.717) is 5.65 Å². The lowest BCUT2D eigenvalue weighted by molar-refractivity contribution is -0.114. The Balaban J connectivity index is 1.87. The van der Waals surface area contributed by atoms with E-state index in [1.54, 1.807) is 18.2 Å². The number of benzene rings is 1. The molecule has 0 saturated carbocycles. The predicted octanol–water partition coefficient (Wildman–Crippen LogP) is 1.24. The van der Waals surface area contributed by atoms with Crippen molar-refractivity contribution in [3.05, 3.63) is 71.0 Å². The van der Waals surface area contributed by atoms with Crippen LogP contribution in [0.3, 0.4) is 0 Å². The molecule has 8 nitrogen and oxygen atoms in total. The Labute approximate surface area is 153 Å². The van der Waals surface area contributed by atoms with E-state index in [1.165, 1.54) is 28.9 Å². The Morgan fingerprint density at radius 2 is 2.04 bits per heavy atom. The van der Waals surface area contributed by atoms with Gasteiger partial charge in [0, 0.05) is 6.20 Å². The minimum atomic E-state index is -3.86. The van der Waals surface area contributed by atoms with Crippen molar-refractivity contribution in [2.45, 2.75) is 0 Å². The molecule has 0 aliphatic heterocycles. The average Bonchev–Trinajstić information content (AvgIpc) is 2.61. The number of hydrogen-bond donors (Lipinski definition) is 1. The molecule has 0 aliphatic rings. The van der Waals surface area contributed by atoms with Gasteiger partial charge in [-0.25, -0.2) is 17.8 Å². The molecule has 0 spiro atoms. The number of nitrogens with zero attached hydrogens (tertiary/aromatic N) is 3. The number of carbonyl (C=O) groups is 1. The Kier molecular flexibility index (Phi) is 4.91. The van der Waals surface area contributed by atoms with Crippen LogP contribution in [0.15, 0.2) is 59.7 Å². The summed E-state index contributed by atoms with van der Waals surface area (Å²) in [7, 11) is -3.86. The molecule has 10 heteroatoms. The fraction of sp³-hybridized carbons (Fsp3) is 0.118. The first-order chi connectivity index (χ1) is 12.8. The maximum atomic E-state index is 13.4. The van der Waals surface area contributed by atoms with E-state index in [2.05, 4.69) is 10.3 Å². The summed E-state index contributed by atoms with van der Waals surface area (Å²) < 4.78 is 39.5. The van der Waals surface area contributed by atoms with Gasteiger partial charge in [0.1, 0.15) is 23.7 Å². The third kappa shape index (κ3) is 4.11. The molecular weight excluding hydrogens is 375 g/mol. The number of nitrogens with one attached hydrogen (secondary N) is 1. The summed E-state index contributed by atoms with van der Waals surface area (Å²) in [6, 6.07) is 9.83. The van der Waals surface area contributed by atoms with Crippen LogP contribution >= 0.6 is 0 Å². The predicted molar refractivity (Wildman–Crippen MR) is 98.7 cm³/mol. The third-order valence-corrected chi connectivity index (χ3v) is 4.81. The number of halogens is 1. The Hall–Kier alpha value is -3.27. The van der Waals surface area contributed by atoms with E-state index in [1.807, 2.05) is 0 Å². The molecule has 2 heterocycles. The number of rotatable bonds is 5. The monoisotopic (exact) mass is 390 g/mol. The van der Waals surface area contributed by atoms with Crippen LogP contribution in [0.2, 0.25) is 0 Å². The van der Waals surface area contributed by atoms with Crippen molar-refractivity contribution < 1.29 is 17.6 Å². The van der Waals surface area contributed by atoms with Crippen LogP contribution in [0, 0.1) is 5.82 Å². The Morgan fingerprint density at radius 1 is 1.26 bits per heavy atom. The molecule has 3 aromatic rings. The second-order valence-electron chi connectivity index (χ2n) is 5.70. The number of hydrogen-bond acceptors (Lipinski definition) is 5. The molecule has 0 atom stereocenters. The van der Waals surface area contributed by atoms with E-state index in [0.717, 1.165) is 22.7 Å². The maximum absolute atomic E-state index is 13.4. The van der Waals surface area contributed by atoms with Gasteiger partial charge in [-0.05, 0) is 30.3 Å². The van der Waals surface area contributed by atoms with E-state index >= 15 is 0 Å². The van der Waals surface area contributed by atoms with Gasteiger partial charge in [-0.2, -0.15) is 0 Å². The number of aromatic nitrogens is 2. The zero-order chi connectivity index (χ0) is 19.6. The van der Waals surface area contributed by atoms with Crippen LogP contribution < -0.4 is 15.2 Å². The molecular formula is C17H15FN4O4S. The molecule has 0 fully saturated rings. The summed E-state index contributed by atoms with van der Waals surface area (Å²) >= 11 is 0. The number of fused-ring (bicyclic) bond motifs is 1. The first-order valence-corrected chi connectivity index (χ1v) is 9.60. The number of pyridine rings is 1. The topological polar surface area (TPSA) is 101 Å². The van der Waals surface area contributed by atoms with Gasteiger partial charge >= 0.3 is 0 Å². The highest BCUT2D eigenvalue weighted by molar-refractivity contribution is 7.92. The van der Waals surface area contributed by atoms with Gasteiger partial charge in [0.25, 0.3) is 5.56 Å². The molecule has 0 aliphatic carbocycles. The van der Waals surface area contributed by atoms with Crippen molar-refractivity contribution >= 4 is 33.0 Å². The average molecular weight is 390 g/mol. The minimum absolute atomic E-state index is 0.000934. The van der Waals surface area contributed by atoms with Gasteiger partial charge < -0.3 is 5.32 Å². The van der Waals surface area contributed by atoms with Crippen LogP contribution in [0.1, 0.15) is 0 Å². The van der Waals surface area contributed by atoms with Crippen molar-refractivity contribution in [2.24, 2.45) is 0 Å². The van der Waals surface area contributed by atoms with Gasteiger partial charge in [-0.15, -0.1) is 0 Å². The minimum Gasteiger partial charge on any atom is -0.319 e. The van der Waals surface area contributed by atoms with Gasteiger partial charge in [-0.3, -0.25) is 18.3 Å². The zero-order valence-corrected chi connectivity index (χ0v) is 15.0. The molecule has 1 N–H and O–H groups in total. The van der Waals surface area contributed by atoms with Crippen LogP contribution in [0.4, 0.5) is 15.8 Å². The summed E-state index contributed by atoms with van der Waals surface area (Å²) in [4.78, 5) is 28.8. The summed E-state index contributed by atoms with van der Waals surface area (Å²) in [6.07, 6.45) is 3.59. The lowest BCUT2D eigenvalue weighted by Crippen LogP contribution is -2.38. The lowest BCUT2D eigenvalue weighted by atomic mass is 10.3. The van der Waals surface area contributed by atoms with Crippen LogP contribution in [0.5, 0.6) is 0 Å².